The number of hydrazone groups is 1. The molecule has 1 aromatic carbocycles. The van der Waals surface area contributed by atoms with Crippen molar-refractivity contribution in [3.63, 3.8) is 0 Å². The number of benzene rings is 1. The van der Waals surface area contributed by atoms with Crippen LogP contribution in [0, 0.1) is 6.92 Å². The lowest BCUT2D eigenvalue weighted by molar-refractivity contribution is 0.0918. The highest BCUT2D eigenvalue weighted by atomic mass is 16.4. The van der Waals surface area contributed by atoms with Gasteiger partial charge in [-0.25, -0.2) is 10.4 Å². The Kier molecular flexibility index (Phi) is 5.86. The van der Waals surface area contributed by atoms with Gasteiger partial charge in [0.25, 0.3) is 11.8 Å². The number of fused-ring (bicyclic) bond motifs is 2. The molecule has 2 amide bonds. The van der Waals surface area contributed by atoms with Crippen molar-refractivity contribution in [2.24, 2.45) is 5.10 Å². The first-order valence-corrected chi connectivity index (χ1v) is 11.1. The van der Waals surface area contributed by atoms with Gasteiger partial charge in [0.15, 0.2) is 5.76 Å². The number of carbonyl (C=O) groups excluding carboxylic acids is 2. The number of hydrogen-bond donors (Lipinski definition) is 2. The zero-order chi connectivity index (χ0) is 23.5. The maximum absolute atomic E-state index is 12.8. The molecule has 0 aliphatic heterocycles. The fourth-order valence-corrected chi connectivity index (χ4v) is 4.12. The fraction of sp³-hybridized carbons (Fsp3) is 0.192. The molecule has 0 saturated heterocycles. The number of nitrogens with one attached hydrogen (secondary N) is 2. The van der Waals surface area contributed by atoms with Gasteiger partial charge in [-0.05, 0) is 44.0 Å². The highest BCUT2D eigenvalue weighted by Crippen LogP contribution is 2.30. The van der Waals surface area contributed by atoms with Crippen molar-refractivity contribution in [1.29, 1.82) is 0 Å². The van der Waals surface area contributed by atoms with E-state index in [9.17, 15) is 9.59 Å². The molecule has 170 valence electrons. The quantitative estimate of drug-likeness (QED) is 0.445. The number of nitrogens with zero attached hydrogens (tertiary/aromatic N) is 3. The second kappa shape index (κ2) is 9.27. The van der Waals surface area contributed by atoms with Crippen molar-refractivity contribution in [3.05, 3.63) is 94.8 Å². The van der Waals surface area contributed by atoms with E-state index in [0.717, 1.165) is 28.6 Å². The Morgan fingerprint density at radius 1 is 1.03 bits per heavy atom. The minimum atomic E-state index is -0.389. The smallest absolute Gasteiger partial charge is 0.289 e. The zero-order valence-corrected chi connectivity index (χ0v) is 18.7. The fourth-order valence-electron chi connectivity index (χ4n) is 4.12. The summed E-state index contributed by atoms with van der Waals surface area (Å²) in [7, 11) is 0. The normalized spacial score (nSPS) is 14.1. The van der Waals surface area contributed by atoms with Gasteiger partial charge in [0.2, 0.25) is 0 Å². The van der Waals surface area contributed by atoms with Gasteiger partial charge >= 0.3 is 0 Å². The molecule has 8 nitrogen and oxygen atoms in total. The first-order valence-electron chi connectivity index (χ1n) is 11.1. The van der Waals surface area contributed by atoms with Crippen LogP contribution in [0.25, 0.3) is 10.9 Å². The predicted octanol–water partition coefficient (Wildman–Crippen LogP) is 3.93. The zero-order valence-electron chi connectivity index (χ0n) is 18.7. The van der Waals surface area contributed by atoms with Gasteiger partial charge in [-0.2, -0.15) is 5.10 Å². The summed E-state index contributed by atoms with van der Waals surface area (Å²) in [6.45, 7) is 2.14. The van der Waals surface area contributed by atoms with Gasteiger partial charge < -0.3 is 9.73 Å². The number of carbonyl (C=O) groups is 2. The van der Waals surface area contributed by atoms with E-state index in [-0.39, 0.29) is 23.3 Å². The van der Waals surface area contributed by atoms with Crippen molar-refractivity contribution in [2.75, 3.05) is 0 Å². The number of furan rings is 1. The lowest BCUT2D eigenvalue weighted by atomic mass is 9.93. The van der Waals surface area contributed by atoms with Crippen LogP contribution in [0.5, 0.6) is 0 Å². The molecule has 5 rings (SSSR count). The van der Waals surface area contributed by atoms with E-state index >= 15 is 0 Å². The number of aromatic nitrogens is 2. The first-order chi connectivity index (χ1) is 16.6. The maximum Gasteiger partial charge on any atom is 0.289 e. The predicted molar refractivity (Wildman–Crippen MR) is 128 cm³/mol. The largest absolute Gasteiger partial charge is 0.455 e. The van der Waals surface area contributed by atoms with Crippen molar-refractivity contribution in [1.82, 2.24) is 20.7 Å². The standard InChI is InChI=1S/C26H23N5O3/c1-16-23-20(30-31-25(32)21-13-12-17-7-2-3-9-19(17)29-21)10-6-11-22(23)34-24(16)26(33)28-15-18-8-4-5-14-27-18/h2-5,7-9,12-14H,6,10-11,15H2,1H3,(H,28,33)(H,31,32)/b30-20+. The summed E-state index contributed by atoms with van der Waals surface area (Å²) in [6, 6.07) is 16.7. The lowest BCUT2D eigenvalue weighted by Gasteiger charge is -2.13. The first kappa shape index (κ1) is 21.5. The Balaban J connectivity index is 1.34. The van der Waals surface area contributed by atoms with Crippen LogP contribution >= 0.6 is 0 Å². The molecule has 4 aromatic rings. The summed E-state index contributed by atoms with van der Waals surface area (Å²) in [5.74, 6) is 0.280. The Bertz CT molecular complexity index is 1410. The van der Waals surface area contributed by atoms with Gasteiger partial charge in [0.05, 0.1) is 23.5 Å². The molecular formula is C26H23N5O3. The van der Waals surface area contributed by atoms with E-state index in [1.165, 1.54) is 0 Å². The van der Waals surface area contributed by atoms with Crippen LogP contribution in [0.3, 0.4) is 0 Å². The number of amides is 2. The molecule has 1 aliphatic carbocycles. The molecule has 34 heavy (non-hydrogen) atoms. The molecule has 0 saturated carbocycles. The van der Waals surface area contributed by atoms with Crippen LogP contribution in [0.1, 0.15) is 56.5 Å². The Labute approximate surface area is 196 Å². The number of hydrogen-bond acceptors (Lipinski definition) is 6. The molecule has 0 fully saturated rings. The summed E-state index contributed by atoms with van der Waals surface area (Å²) in [6.07, 6.45) is 3.89. The topological polar surface area (TPSA) is 109 Å². The second-order valence-electron chi connectivity index (χ2n) is 8.10. The van der Waals surface area contributed by atoms with E-state index in [1.54, 1.807) is 12.3 Å². The van der Waals surface area contributed by atoms with Crippen molar-refractivity contribution in [3.8, 4) is 0 Å². The molecule has 0 radical (unpaired) electrons. The average molecular weight is 454 g/mol. The molecular weight excluding hydrogens is 430 g/mol. The van der Waals surface area contributed by atoms with Gasteiger partial charge in [0.1, 0.15) is 11.5 Å². The van der Waals surface area contributed by atoms with Crippen molar-refractivity contribution in [2.45, 2.75) is 32.7 Å². The highest BCUT2D eigenvalue weighted by molar-refractivity contribution is 6.07. The molecule has 3 aromatic heterocycles. The molecule has 0 unspecified atom stereocenters. The van der Waals surface area contributed by atoms with E-state index in [0.29, 0.717) is 36.4 Å². The van der Waals surface area contributed by atoms with Crippen LogP contribution in [0.2, 0.25) is 0 Å². The number of aryl methyl sites for hydroxylation is 1. The third-order valence-corrected chi connectivity index (χ3v) is 5.81. The van der Waals surface area contributed by atoms with E-state index in [2.05, 4.69) is 25.8 Å². The molecule has 2 N–H and O–H groups in total. The van der Waals surface area contributed by atoms with Crippen LogP contribution in [0.15, 0.2) is 70.3 Å². The van der Waals surface area contributed by atoms with E-state index in [4.69, 9.17) is 4.42 Å². The summed E-state index contributed by atoms with van der Waals surface area (Å²) in [4.78, 5) is 34.1. The van der Waals surface area contributed by atoms with Crippen LogP contribution in [-0.2, 0) is 13.0 Å². The van der Waals surface area contributed by atoms with Crippen LogP contribution < -0.4 is 10.7 Å². The van der Waals surface area contributed by atoms with Gasteiger partial charge in [-0.3, -0.25) is 14.6 Å². The molecule has 0 atom stereocenters. The van der Waals surface area contributed by atoms with Crippen LogP contribution in [0.4, 0.5) is 0 Å². The van der Waals surface area contributed by atoms with Crippen molar-refractivity contribution < 1.29 is 14.0 Å². The van der Waals surface area contributed by atoms with Crippen LogP contribution in [-0.4, -0.2) is 27.5 Å². The summed E-state index contributed by atoms with van der Waals surface area (Å²) >= 11 is 0. The van der Waals surface area contributed by atoms with E-state index in [1.807, 2.05) is 55.5 Å². The Hall–Kier alpha value is -4.33. The average Bonchev–Trinajstić information content (AvgIpc) is 3.23. The van der Waals surface area contributed by atoms with Gasteiger partial charge in [-0.1, -0.05) is 30.3 Å². The molecule has 1 aliphatic rings. The van der Waals surface area contributed by atoms with E-state index < -0.39 is 0 Å². The minimum Gasteiger partial charge on any atom is -0.455 e. The molecule has 3 heterocycles. The highest BCUT2D eigenvalue weighted by Gasteiger charge is 2.28. The lowest BCUT2D eigenvalue weighted by Crippen LogP contribution is -2.24. The molecule has 0 spiro atoms. The van der Waals surface area contributed by atoms with Gasteiger partial charge in [0, 0.05) is 29.1 Å². The third-order valence-electron chi connectivity index (χ3n) is 5.81. The monoisotopic (exact) mass is 453 g/mol. The Morgan fingerprint density at radius 2 is 1.88 bits per heavy atom. The minimum absolute atomic E-state index is 0.262. The molecule has 8 heteroatoms. The number of rotatable bonds is 5. The Morgan fingerprint density at radius 3 is 2.74 bits per heavy atom. The summed E-state index contributed by atoms with van der Waals surface area (Å²) in [5.41, 5.74) is 6.62. The van der Waals surface area contributed by atoms with Crippen molar-refractivity contribution >= 4 is 28.4 Å². The summed E-state index contributed by atoms with van der Waals surface area (Å²) in [5, 5.41) is 8.20. The molecule has 0 bridgehead atoms. The SMILES string of the molecule is Cc1c(C(=O)NCc2ccccn2)oc2c1/C(=N/NC(=O)c1ccc3ccccc3n1)CCC2. The van der Waals surface area contributed by atoms with Gasteiger partial charge in [-0.15, -0.1) is 0 Å². The number of para-hydroxylation sites is 1. The summed E-state index contributed by atoms with van der Waals surface area (Å²) < 4.78 is 5.92. The number of pyridine rings is 2. The maximum atomic E-state index is 12.8. The third kappa shape index (κ3) is 4.30. The second-order valence-corrected chi connectivity index (χ2v) is 8.10.